The predicted molar refractivity (Wildman–Crippen MR) is 65.4 cm³/mol. The number of halogens is 1. The van der Waals surface area contributed by atoms with Crippen LogP contribution in [0.5, 0.6) is 0 Å². The molecule has 0 aliphatic carbocycles. The van der Waals surface area contributed by atoms with Crippen molar-refractivity contribution < 1.29 is 14.3 Å². The number of esters is 1. The van der Waals surface area contributed by atoms with E-state index in [2.05, 4.69) is 15.9 Å². The topological polar surface area (TPSA) is 35.5 Å². The van der Waals surface area contributed by atoms with Gasteiger partial charge in [-0.3, -0.25) is 0 Å². The lowest BCUT2D eigenvalue weighted by Gasteiger charge is -2.16. The highest BCUT2D eigenvalue weighted by Gasteiger charge is 2.14. The Hall–Kier alpha value is -0.870. The molecule has 2 unspecified atom stereocenters. The zero-order chi connectivity index (χ0) is 12.0. The minimum Gasteiger partial charge on any atom is -0.422 e. The van der Waals surface area contributed by atoms with Crippen LogP contribution in [0.4, 0.5) is 0 Å². The molecule has 0 spiro atoms. The summed E-state index contributed by atoms with van der Waals surface area (Å²) in [5, 5.41) is -0.699. The molecule has 0 N–H and O–H groups in total. The molecule has 16 heavy (non-hydrogen) atoms. The van der Waals surface area contributed by atoms with Gasteiger partial charge in [0.15, 0.2) is 0 Å². The van der Waals surface area contributed by atoms with Crippen molar-refractivity contribution in [1.29, 1.82) is 0 Å². The number of ether oxygens (including phenoxy) is 2. The van der Waals surface area contributed by atoms with E-state index in [0.717, 1.165) is 6.42 Å². The number of rotatable bonds is 5. The Morgan fingerprint density at radius 2 is 2.00 bits per heavy atom. The van der Waals surface area contributed by atoms with E-state index in [0.29, 0.717) is 5.56 Å². The SMILES string of the molecule is CCC(C)OC(Br)OC(=O)c1ccccc1. The maximum Gasteiger partial charge on any atom is 0.341 e. The van der Waals surface area contributed by atoms with Gasteiger partial charge in [-0.2, -0.15) is 0 Å². The number of hydrogen-bond acceptors (Lipinski definition) is 3. The molecule has 88 valence electrons. The summed E-state index contributed by atoms with van der Waals surface area (Å²) in [6.07, 6.45) is 0.915. The lowest BCUT2D eigenvalue weighted by atomic mass is 10.2. The summed E-state index contributed by atoms with van der Waals surface area (Å²) in [5.74, 6) is -0.397. The van der Waals surface area contributed by atoms with Gasteiger partial charge in [0, 0.05) is 0 Å². The summed E-state index contributed by atoms with van der Waals surface area (Å²) >= 11 is 3.15. The van der Waals surface area contributed by atoms with Crippen molar-refractivity contribution in [2.75, 3.05) is 0 Å². The molecule has 0 heterocycles. The molecule has 0 fully saturated rings. The number of hydrogen-bond donors (Lipinski definition) is 0. The Labute approximate surface area is 104 Å². The highest BCUT2D eigenvalue weighted by atomic mass is 79.9. The Morgan fingerprint density at radius 3 is 2.56 bits per heavy atom. The molecule has 0 bridgehead atoms. The molecule has 1 aromatic rings. The number of benzene rings is 1. The molecule has 0 saturated carbocycles. The van der Waals surface area contributed by atoms with Crippen molar-refractivity contribution >= 4 is 21.9 Å². The lowest BCUT2D eigenvalue weighted by Crippen LogP contribution is -2.20. The molecule has 2 atom stereocenters. The second-order valence-electron chi connectivity index (χ2n) is 3.40. The van der Waals surface area contributed by atoms with Crippen LogP contribution in [-0.2, 0) is 9.47 Å². The van der Waals surface area contributed by atoms with Crippen molar-refractivity contribution in [3.8, 4) is 0 Å². The van der Waals surface area contributed by atoms with Crippen LogP contribution < -0.4 is 0 Å². The van der Waals surface area contributed by atoms with Crippen LogP contribution in [0, 0.1) is 0 Å². The van der Waals surface area contributed by atoms with Crippen molar-refractivity contribution in [3.63, 3.8) is 0 Å². The van der Waals surface area contributed by atoms with Gasteiger partial charge in [0.25, 0.3) is 5.20 Å². The quantitative estimate of drug-likeness (QED) is 0.473. The van der Waals surface area contributed by atoms with Gasteiger partial charge in [-0.25, -0.2) is 4.79 Å². The van der Waals surface area contributed by atoms with Crippen LogP contribution in [0.3, 0.4) is 0 Å². The largest absolute Gasteiger partial charge is 0.422 e. The van der Waals surface area contributed by atoms with Gasteiger partial charge in [0.1, 0.15) is 0 Å². The molecular weight excluding hydrogens is 272 g/mol. The van der Waals surface area contributed by atoms with E-state index in [1.54, 1.807) is 24.3 Å². The first-order chi connectivity index (χ1) is 7.63. The van der Waals surface area contributed by atoms with E-state index < -0.39 is 11.2 Å². The highest BCUT2D eigenvalue weighted by Crippen LogP contribution is 2.12. The molecule has 0 saturated heterocycles. The minimum absolute atomic E-state index is 0.0490. The summed E-state index contributed by atoms with van der Waals surface area (Å²) in [7, 11) is 0. The third-order valence-electron chi connectivity index (χ3n) is 2.12. The Balaban J connectivity index is 2.46. The van der Waals surface area contributed by atoms with Crippen molar-refractivity contribution in [2.45, 2.75) is 31.6 Å². The van der Waals surface area contributed by atoms with Gasteiger partial charge < -0.3 is 9.47 Å². The van der Waals surface area contributed by atoms with Gasteiger partial charge in [-0.05, 0) is 41.4 Å². The van der Waals surface area contributed by atoms with Gasteiger partial charge in [0.05, 0.1) is 11.7 Å². The fraction of sp³-hybridized carbons (Fsp3) is 0.417. The van der Waals surface area contributed by atoms with Crippen LogP contribution in [0.25, 0.3) is 0 Å². The summed E-state index contributed by atoms with van der Waals surface area (Å²) in [6.45, 7) is 3.92. The van der Waals surface area contributed by atoms with Gasteiger partial charge >= 0.3 is 5.97 Å². The zero-order valence-electron chi connectivity index (χ0n) is 9.35. The molecule has 1 aromatic carbocycles. The van der Waals surface area contributed by atoms with Crippen LogP contribution >= 0.6 is 15.9 Å². The van der Waals surface area contributed by atoms with E-state index in [9.17, 15) is 4.79 Å². The molecule has 0 amide bonds. The van der Waals surface area contributed by atoms with Gasteiger partial charge in [0.2, 0.25) is 0 Å². The van der Waals surface area contributed by atoms with Crippen molar-refractivity contribution in [3.05, 3.63) is 35.9 Å². The Kier molecular flexibility index (Phi) is 5.49. The highest BCUT2D eigenvalue weighted by molar-refractivity contribution is 9.09. The minimum atomic E-state index is -0.699. The van der Waals surface area contributed by atoms with E-state index in [1.807, 2.05) is 19.9 Å². The second-order valence-corrected chi connectivity index (χ2v) is 4.15. The first kappa shape index (κ1) is 13.2. The second kappa shape index (κ2) is 6.66. The van der Waals surface area contributed by atoms with Crippen molar-refractivity contribution in [2.24, 2.45) is 0 Å². The van der Waals surface area contributed by atoms with Gasteiger partial charge in [-0.15, -0.1) is 0 Å². The monoisotopic (exact) mass is 286 g/mol. The number of carbonyl (C=O) groups excluding carboxylic acids is 1. The van der Waals surface area contributed by atoms with E-state index in [-0.39, 0.29) is 6.10 Å². The van der Waals surface area contributed by atoms with E-state index >= 15 is 0 Å². The fourth-order valence-electron chi connectivity index (χ4n) is 1.03. The van der Waals surface area contributed by atoms with Crippen molar-refractivity contribution in [1.82, 2.24) is 0 Å². The van der Waals surface area contributed by atoms with E-state index in [4.69, 9.17) is 9.47 Å². The molecule has 1 rings (SSSR count). The Bertz CT molecular complexity index is 326. The van der Waals surface area contributed by atoms with E-state index in [1.165, 1.54) is 0 Å². The smallest absolute Gasteiger partial charge is 0.341 e. The van der Waals surface area contributed by atoms with Crippen LogP contribution in [0.15, 0.2) is 30.3 Å². The molecule has 0 aromatic heterocycles. The first-order valence-corrected chi connectivity index (χ1v) is 6.10. The lowest BCUT2D eigenvalue weighted by molar-refractivity contribution is -0.0798. The number of alkyl halides is 1. The predicted octanol–water partition coefficient (Wildman–Crippen LogP) is 3.34. The molecule has 3 nitrogen and oxygen atoms in total. The summed E-state index contributed by atoms with van der Waals surface area (Å²) in [6, 6.07) is 8.82. The summed E-state index contributed by atoms with van der Waals surface area (Å²) < 4.78 is 10.4. The normalized spacial score (nSPS) is 14.2. The fourth-order valence-corrected chi connectivity index (χ4v) is 1.57. The average Bonchev–Trinajstić information content (AvgIpc) is 2.29. The third-order valence-corrected chi connectivity index (χ3v) is 2.53. The van der Waals surface area contributed by atoms with Crippen LogP contribution in [0.2, 0.25) is 0 Å². The molecule has 0 aliphatic heterocycles. The molecule has 4 heteroatoms. The Morgan fingerprint density at radius 1 is 1.38 bits per heavy atom. The molecule has 0 radical (unpaired) electrons. The maximum absolute atomic E-state index is 11.6. The maximum atomic E-state index is 11.6. The summed E-state index contributed by atoms with van der Waals surface area (Å²) in [5.41, 5.74) is 0.514. The van der Waals surface area contributed by atoms with Crippen LogP contribution in [0.1, 0.15) is 30.6 Å². The molecule has 0 aliphatic rings. The summed E-state index contributed by atoms with van der Waals surface area (Å²) in [4.78, 5) is 11.6. The standard InChI is InChI=1S/C12H15BrO3/c1-3-9(2)15-12(13)16-11(14)10-7-5-4-6-8-10/h4-9,12H,3H2,1-2H3. The average molecular weight is 287 g/mol. The van der Waals surface area contributed by atoms with Gasteiger partial charge in [-0.1, -0.05) is 25.1 Å². The zero-order valence-corrected chi connectivity index (χ0v) is 10.9. The first-order valence-electron chi connectivity index (χ1n) is 5.19. The van der Waals surface area contributed by atoms with Crippen LogP contribution in [-0.4, -0.2) is 17.3 Å². The molecular formula is C12H15BrO3. The third kappa shape index (κ3) is 4.33. The number of carbonyl (C=O) groups is 1.